The maximum absolute atomic E-state index is 14.5. The summed E-state index contributed by atoms with van der Waals surface area (Å²) >= 11 is 6.37. The fourth-order valence-electron chi connectivity index (χ4n) is 6.95. The van der Waals surface area contributed by atoms with Crippen LogP contribution in [0.25, 0.3) is 0 Å². The predicted molar refractivity (Wildman–Crippen MR) is 177 cm³/mol. The van der Waals surface area contributed by atoms with Gasteiger partial charge in [-0.3, -0.25) is 9.69 Å². The third-order valence-electron chi connectivity index (χ3n) is 9.75. The number of amides is 1. The largest absolute Gasteiger partial charge is 0.493 e. The SMILES string of the molecule is CCOc1cccc(F)c1CN1CCN(C(=O)[C@H](N)C2CCN(CCc3cc(Cl)ccc3NC[C@@H]3CN[C@H](CO)C3)CC2)CC1. The monoisotopic (exact) mass is 644 g/mol. The number of likely N-dealkylation sites (tertiary alicyclic amines) is 1. The van der Waals surface area contributed by atoms with Gasteiger partial charge in [0.2, 0.25) is 5.91 Å². The van der Waals surface area contributed by atoms with Crippen molar-refractivity contribution in [1.82, 2.24) is 20.0 Å². The lowest BCUT2D eigenvalue weighted by Crippen LogP contribution is -2.55. The minimum atomic E-state index is -0.492. The van der Waals surface area contributed by atoms with Crippen molar-refractivity contribution in [3.8, 4) is 5.75 Å². The van der Waals surface area contributed by atoms with Gasteiger partial charge in [0.25, 0.3) is 0 Å². The van der Waals surface area contributed by atoms with E-state index in [4.69, 9.17) is 22.1 Å². The zero-order valence-electron chi connectivity index (χ0n) is 26.5. The van der Waals surface area contributed by atoms with Gasteiger partial charge in [0, 0.05) is 74.7 Å². The molecule has 0 radical (unpaired) electrons. The summed E-state index contributed by atoms with van der Waals surface area (Å²) in [7, 11) is 0. The van der Waals surface area contributed by atoms with Crippen LogP contribution in [0.3, 0.4) is 0 Å². The molecule has 0 aliphatic carbocycles. The number of hydrogen-bond donors (Lipinski definition) is 4. The van der Waals surface area contributed by atoms with Crippen LogP contribution in [0.2, 0.25) is 5.02 Å². The molecule has 2 aromatic rings. The first-order valence-corrected chi connectivity index (χ1v) is 17.0. The molecule has 0 spiro atoms. The normalized spacial score (nSPS) is 22.5. The number of rotatable bonds is 13. The Kier molecular flexibility index (Phi) is 12.3. The number of aliphatic hydroxyl groups excluding tert-OH is 1. The number of piperidine rings is 1. The second-order valence-electron chi connectivity index (χ2n) is 12.8. The van der Waals surface area contributed by atoms with Crippen LogP contribution in [0.4, 0.5) is 10.1 Å². The zero-order chi connectivity index (χ0) is 31.8. The number of nitrogens with two attached hydrogens (primary N) is 1. The minimum Gasteiger partial charge on any atom is -0.493 e. The summed E-state index contributed by atoms with van der Waals surface area (Å²) < 4.78 is 20.2. The van der Waals surface area contributed by atoms with Crippen molar-refractivity contribution in [2.75, 3.05) is 77.4 Å². The van der Waals surface area contributed by atoms with Gasteiger partial charge in [0.05, 0.1) is 19.3 Å². The van der Waals surface area contributed by atoms with Gasteiger partial charge in [0.1, 0.15) is 11.6 Å². The van der Waals surface area contributed by atoms with Gasteiger partial charge in [-0.25, -0.2) is 4.39 Å². The van der Waals surface area contributed by atoms with Crippen molar-refractivity contribution in [2.24, 2.45) is 17.6 Å². The summed E-state index contributed by atoms with van der Waals surface area (Å²) in [5.74, 6) is 1.03. The number of halogens is 2. The lowest BCUT2D eigenvalue weighted by atomic mass is 9.88. The van der Waals surface area contributed by atoms with Crippen molar-refractivity contribution in [3.05, 3.63) is 58.4 Å². The molecule has 9 nitrogen and oxygen atoms in total. The number of piperazine rings is 1. The highest BCUT2D eigenvalue weighted by molar-refractivity contribution is 6.30. The molecule has 0 unspecified atom stereocenters. The molecule has 5 N–H and O–H groups in total. The van der Waals surface area contributed by atoms with Crippen LogP contribution in [0.15, 0.2) is 36.4 Å². The smallest absolute Gasteiger partial charge is 0.239 e. The predicted octanol–water partition coefficient (Wildman–Crippen LogP) is 3.19. The van der Waals surface area contributed by atoms with E-state index in [-0.39, 0.29) is 30.3 Å². The van der Waals surface area contributed by atoms with E-state index in [1.807, 2.05) is 24.0 Å². The van der Waals surface area contributed by atoms with E-state index in [9.17, 15) is 14.3 Å². The minimum absolute atomic E-state index is 0.0337. The summed E-state index contributed by atoms with van der Waals surface area (Å²) in [6.45, 7) is 10.1. The van der Waals surface area contributed by atoms with E-state index in [1.165, 1.54) is 11.6 Å². The molecule has 5 rings (SSSR count). The number of nitrogens with zero attached hydrogens (tertiary/aromatic N) is 3. The first-order chi connectivity index (χ1) is 21.8. The molecule has 3 aliphatic heterocycles. The number of aliphatic hydroxyl groups is 1. The van der Waals surface area contributed by atoms with E-state index in [2.05, 4.69) is 32.6 Å². The zero-order valence-corrected chi connectivity index (χ0v) is 27.3. The van der Waals surface area contributed by atoms with E-state index < -0.39 is 6.04 Å². The van der Waals surface area contributed by atoms with Crippen molar-refractivity contribution in [1.29, 1.82) is 0 Å². The Hall–Kier alpha value is -2.47. The van der Waals surface area contributed by atoms with Gasteiger partial charge in [-0.1, -0.05) is 17.7 Å². The molecule has 0 saturated carbocycles. The summed E-state index contributed by atoms with van der Waals surface area (Å²) in [4.78, 5) is 19.9. The van der Waals surface area contributed by atoms with Crippen LogP contribution in [-0.2, 0) is 17.8 Å². The Balaban J connectivity index is 1.04. The summed E-state index contributed by atoms with van der Waals surface area (Å²) in [5.41, 5.74) is 9.48. The summed E-state index contributed by atoms with van der Waals surface area (Å²) in [6, 6.07) is 10.7. The molecule has 45 heavy (non-hydrogen) atoms. The van der Waals surface area contributed by atoms with Crippen molar-refractivity contribution in [3.63, 3.8) is 0 Å². The van der Waals surface area contributed by atoms with Crippen LogP contribution in [-0.4, -0.2) is 110 Å². The lowest BCUT2D eigenvalue weighted by Gasteiger charge is -2.39. The quantitative estimate of drug-likeness (QED) is 0.264. The molecule has 3 fully saturated rings. The Morgan fingerprint density at radius 2 is 1.93 bits per heavy atom. The maximum Gasteiger partial charge on any atom is 0.239 e. The third-order valence-corrected chi connectivity index (χ3v) is 9.98. The van der Waals surface area contributed by atoms with E-state index in [0.717, 1.165) is 69.1 Å². The highest BCUT2D eigenvalue weighted by Gasteiger charge is 2.33. The molecular formula is C34H50ClFN6O3. The Morgan fingerprint density at radius 1 is 1.16 bits per heavy atom. The van der Waals surface area contributed by atoms with Gasteiger partial charge >= 0.3 is 0 Å². The summed E-state index contributed by atoms with van der Waals surface area (Å²) in [6.07, 6.45) is 3.68. The topological polar surface area (TPSA) is 106 Å². The van der Waals surface area contributed by atoms with Crippen LogP contribution in [0.5, 0.6) is 5.75 Å². The first kappa shape index (κ1) is 33.9. The second kappa shape index (κ2) is 16.4. The fourth-order valence-corrected chi connectivity index (χ4v) is 7.15. The van der Waals surface area contributed by atoms with Crippen LogP contribution >= 0.6 is 11.6 Å². The maximum atomic E-state index is 14.5. The van der Waals surface area contributed by atoms with Crippen molar-refractivity contribution >= 4 is 23.2 Å². The number of ether oxygens (including phenoxy) is 1. The number of benzene rings is 2. The summed E-state index contributed by atoms with van der Waals surface area (Å²) in [5, 5.41) is 17.1. The number of carbonyl (C=O) groups excluding carboxylic acids is 1. The number of nitrogens with one attached hydrogen (secondary N) is 2. The van der Waals surface area contributed by atoms with Gasteiger partial charge in [-0.05, 0) is 93.4 Å². The molecule has 3 atom stereocenters. The standard InChI is InChI=1S/C34H50ClFN6O3/c1-2-45-32-5-3-4-30(36)29(32)22-41-14-16-42(17-15-41)34(44)33(37)25-8-11-40(12-9-25)13-10-26-19-27(35)6-7-31(26)39-21-24-18-28(23-43)38-20-24/h3-7,19,24-25,28,33,38-39,43H,2,8-18,20-23,37H2,1H3/t24-,28-,33+/m0/s1. The highest BCUT2D eigenvalue weighted by atomic mass is 35.5. The van der Waals surface area contributed by atoms with Gasteiger partial charge in [0.15, 0.2) is 0 Å². The lowest BCUT2D eigenvalue weighted by molar-refractivity contribution is -0.136. The second-order valence-corrected chi connectivity index (χ2v) is 13.2. The highest BCUT2D eigenvalue weighted by Crippen LogP contribution is 2.27. The van der Waals surface area contributed by atoms with Gasteiger partial charge in [-0.2, -0.15) is 0 Å². The number of anilines is 1. The van der Waals surface area contributed by atoms with Crippen molar-refractivity contribution in [2.45, 2.75) is 51.2 Å². The van der Waals surface area contributed by atoms with Gasteiger partial charge < -0.3 is 36.0 Å². The molecule has 3 heterocycles. The average Bonchev–Trinajstić information content (AvgIpc) is 3.53. The molecule has 248 valence electrons. The molecule has 2 aromatic carbocycles. The van der Waals surface area contributed by atoms with E-state index >= 15 is 0 Å². The molecule has 0 aromatic heterocycles. The van der Waals surface area contributed by atoms with Crippen LogP contribution < -0.4 is 21.1 Å². The van der Waals surface area contributed by atoms with Crippen LogP contribution in [0, 0.1) is 17.7 Å². The molecule has 1 amide bonds. The molecule has 3 saturated heterocycles. The Morgan fingerprint density at radius 3 is 2.64 bits per heavy atom. The van der Waals surface area contributed by atoms with E-state index in [1.54, 1.807) is 6.07 Å². The average molecular weight is 645 g/mol. The van der Waals surface area contributed by atoms with Gasteiger partial charge in [-0.15, -0.1) is 0 Å². The molecular weight excluding hydrogens is 595 g/mol. The molecule has 3 aliphatic rings. The number of carbonyl (C=O) groups is 1. The Bertz CT molecular complexity index is 1250. The fraction of sp³-hybridized carbons (Fsp3) is 0.618. The number of hydrogen-bond acceptors (Lipinski definition) is 8. The third kappa shape index (κ3) is 9.08. The molecule has 11 heteroatoms. The molecule has 0 bridgehead atoms. The van der Waals surface area contributed by atoms with E-state index in [0.29, 0.717) is 56.6 Å². The Labute approximate surface area is 272 Å². The van der Waals surface area contributed by atoms with Crippen LogP contribution in [0.1, 0.15) is 37.3 Å². The van der Waals surface area contributed by atoms with Crippen molar-refractivity contribution < 1.29 is 19.0 Å². The first-order valence-electron chi connectivity index (χ1n) is 16.6.